The van der Waals surface area contributed by atoms with Crippen LogP contribution in [0.15, 0.2) is 35.0 Å². The number of rotatable bonds is 8. The topological polar surface area (TPSA) is 112 Å². The number of carbonyl (C=O) groups excluding carboxylic acids is 2. The molecule has 168 valence electrons. The van der Waals surface area contributed by atoms with E-state index in [4.69, 9.17) is 9.26 Å². The molecule has 9 nitrogen and oxygen atoms in total. The Bertz CT molecular complexity index is 1110. The van der Waals surface area contributed by atoms with E-state index in [-0.39, 0.29) is 17.9 Å². The van der Waals surface area contributed by atoms with Gasteiger partial charge < -0.3 is 14.6 Å². The van der Waals surface area contributed by atoms with Crippen LogP contribution < -0.4 is 5.32 Å². The summed E-state index contributed by atoms with van der Waals surface area (Å²) >= 11 is 0. The van der Waals surface area contributed by atoms with Crippen LogP contribution in [0.1, 0.15) is 83.7 Å². The lowest BCUT2D eigenvalue weighted by atomic mass is 10.0. The summed E-state index contributed by atoms with van der Waals surface area (Å²) in [5.74, 6) is 0.993. The van der Waals surface area contributed by atoms with Crippen LogP contribution in [0.3, 0.4) is 0 Å². The molecule has 2 aromatic heterocycles. The van der Waals surface area contributed by atoms with E-state index >= 15 is 0 Å². The second kappa shape index (κ2) is 8.94. The number of carbonyl (C=O) groups is 2. The highest BCUT2D eigenvalue weighted by molar-refractivity contribution is 5.94. The second-order valence-corrected chi connectivity index (χ2v) is 8.28. The third-order valence-corrected chi connectivity index (χ3v) is 5.50. The zero-order chi connectivity index (χ0) is 22.8. The van der Waals surface area contributed by atoms with Crippen LogP contribution in [0, 0.1) is 12.8 Å². The van der Waals surface area contributed by atoms with Crippen molar-refractivity contribution >= 4 is 11.9 Å². The average molecular weight is 438 g/mol. The van der Waals surface area contributed by atoms with E-state index in [0.717, 1.165) is 24.4 Å². The van der Waals surface area contributed by atoms with Gasteiger partial charge in [0.15, 0.2) is 5.82 Å². The first-order valence-electron chi connectivity index (χ1n) is 10.9. The average Bonchev–Trinajstić information content (AvgIpc) is 3.38. The van der Waals surface area contributed by atoms with Crippen molar-refractivity contribution < 1.29 is 18.8 Å². The van der Waals surface area contributed by atoms with Gasteiger partial charge in [-0.15, -0.1) is 0 Å². The minimum Gasteiger partial charge on any atom is -0.462 e. The van der Waals surface area contributed by atoms with Gasteiger partial charge in [-0.2, -0.15) is 10.1 Å². The van der Waals surface area contributed by atoms with Gasteiger partial charge in [-0.3, -0.25) is 4.79 Å². The van der Waals surface area contributed by atoms with E-state index in [1.165, 1.54) is 6.20 Å². The smallest absolute Gasteiger partial charge is 0.341 e. The molecule has 1 aliphatic rings. The van der Waals surface area contributed by atoms with Gasteiger partial charge in [0, 0.05) is 11.5 Å². The third kappa shape index (κ3) is 4.42. The number of nitrogens with one attached hydrogen (secondary N) is 1. The van der Waals surface area contributed by atoms with Crippen molar-refractivity contribution in [1.82, 2.24) is 25.2 Å². The summed E-state index contributed by atoms with van der Waals surface area (Å²) in [6, 6.07) is 6.63. The van der Waals surface area contributed by atoms with Gasteiger partial charge in [-0.25, -0.2) is 9.48 Å². The predicted molar refractivity (Wildman–Crippen MR) is 116 cm³/mol. The normalized spacial score (nSPS) is 14.4. The first kappa shape index (κ1) is 21.7. The molecule has 1 unspecified atom stereocenters. The highest BCUT2D eigenvalue weighted by Crippen LogP contribution is 2.38. The molecule has 32 heavy (non-hydrogen) atoms. The first-order chi connectivity index (χ1) is 15.4. The Labute approximate surface area is 186 Å². The number of amides is 1. The first-order valence-corrected chi connectivity index (χ1v) is 10.9. The highest BCUT2D eigenvalue weighted by Gasteiger charge is 2.31. The Balaban J connectivity index is 1.48. The zero-order valence-electron chi connectivity index (χ0n) is 18.7. The molecule has 1 N–H and O–H groups in total. The monoisotopic (exact) mass is 437 g/mol. The SMILES string of the molecule is CCOC(=O)c1cnn(-c2ccc(C(=O)NC(c3nc(C4CC4)no3)C(C)C)cc2)c1C. The molecule has 1 fully saturated rings. The fourth-order valence-electron chi connectivity index (χ4n) is 3.45. The maximum Gasteiger partial charge on any atom is 0.341 e. The Morgan fingerprint density at radius 3 is 2.59 bits per heavy atom. The Kier molecular flexibility index (Phi) is 6.07. The highest BCUT2D eigenvalue weighted by atomic mass is 16.5. The van der Waals surface area contributed by atoms with Crippen LogP contribution in [-0.4, -0.2) is 38.4 Å². The maximum absolute atomic E-state index is 12.9. The Morgan fingerprint density at radius 2 is 1.97 bits per heavy atom. The lowest BCUT2D eigenvalue weighted by Crippen LogP contribution is -2.32. The van der Waals surface area contributed by atoms with Gasteiger partial charge in [0.1, 0.15) is 11.6 Å². The molecule has 9 heteroatoms. The minimum absolute atomic E-state index is 0.0822. The summed E-state index contributed by atoms with van der Waals surface area (Å²) in [6.45, 7) is 7.85. The molecule has 1 saturated carbocycles. The van der Waals surface area contributed by atoms with Crippen LogP contribution in [0.4, 0.5) is 0 Å². The van der Waals surface area contributed by atoms with Crippen LogP contribution in [-0.2, 0) is 4.74 Å². The lowest BCUT2D eigenvalue weighted by Gasteiger charge is -2.18. The quantitative estimate of drug-likeness (QED) is 0.534. The molecule has 2 heterocycles. The second-order valence-electron chi connectivity index (χ2n) is 8.28. The van der Waals surface area contributed by atoms with Crippen LogP contribution in [0.25, 0.3) is 5.69 Å². The molecule has 3 aromatic rings. The summed E-state index contributed by atoms with van der Waals surface area (Å²) in [5.41, 5.74) is 2.32. The number of esters is 1. The van der Waals surface area contributed by atoms with Gasteiger partial charge >= 0.3 is 5.97 Å². The number of hydrogen-bond donors (Lipinski definition) is 1. The standard InChI is InChI=1S/C23H27N5O4/c1-5-31-23(30)18-12-24-28(14(18)4)17-10-8-16(9-11-17)21(29)25-19(13(2)3)22-26-20(27-32-22)15-6-7-15/h8-13,15,19H,5-7H2,1-4H3,(H,25,29). The fourth-order valence-corrected chi connectivity index (χ4v) is 3.45. The van der Waals surface area contributed by atoms with Crippen molar-refractivity contribution in [2.45, 2.75) is 52.5 Å². The molecule has 1 aliphatic carbocycles. The molecule has 0 radical (unpaired) electrons. The van der Waals surface area contributed by atoms with Crippen LogP contribution in [0.5, 0.6) is 0 Å². The fraction of sp³-hybridized carbons (Fsp3) is 0.435. The van der Waals surface area contributed by atoms with Crippen molar-refractivity contribution in [3.63, 3.8) is 0 Å². The lowest BCUT2D eigenvalue weighted by molar-refractivity contribution is 0.0525. The van der Waals surface area contributed by atoms with Crippen molar-refractivity contribution in [3.05, 3.63) is 59.0 Å². The van der Waals surface area contributed by atoms with Gasteiger partial charge in [-0.1, -0.05) is 19.0 Å². The van der Waals surface area contributed by atoms with E-state index in [1.54, 1.807) is 42.8 Å². The molecule has 1 amide bonds. The molecule has 0 bridgehead atoms. The van der Waals surface area contributed by atoms with Gasteiger partial charge in [0.2, 0.25) is 5.89 Å². The predicted octanol–water partition coefficient (Wildman–Crippen LogP) is 3.74. The summed E-state index contributed by atoms with van der Waals surface area (Å²) in [4.78, 5) is 29.4. The number of benzene rings is 1. The Morgan fingerprint density at radius 1 is 1.25 bits per heavy atom. The molecule has 1 aromatic carbocycles. The summed E-state index contributed by atoms with van der Waals surface area (Å²) in [7, 11) is 0. The maximum atomic E-state index is 12.9. The summed E-state index contributed by atoms with van der Waals surface area (Å²) in [6.07, 6.45) is 3.66. The van der Waals surface area contributed by atoms with Crippen molar-refractivity contribution in [2.75, 3.05) is 6.61 Å². The van der Waals surface area contributed by atoms with Crippen molar-refractivity contribution in [3.8, 4) is 5.69 Å². The van der Waals surface area contributed by atoms with E-state index in [1.807, 2.05) is 13.8 Å². The molecule has 4 rings (SSSR count). The Hall–Kier alpha value is -3.49. The van der Waals surface area contributed by atoms with E-state index in [2.05, 4.69) is 20.6 Å². The molecule has 0 saturated heterocycles. The molecular formula is C23H27N5O4. The number of ether oxygens (including phenoxy) is 1. The van der Waals surface area contributed by atoms with E-state index < -0.39 is 5.97 Å². The molecular weight excluding hydrogens is 410 g/mol. The van der Waals surface area contributed by atoms with Crippen LogP contribution >= 0.6 is 0 Å². The molecule has 0 aliphatic heterocycles. The van der Waals surface area contributed by atoms with Crippen LogP contribution in [0.2, 0.25) is 0 Å². The third-order valence-electron chi connectivity index (χ3n) is 5.50. The van der Waals surface area contributed by atoms with Gasteiger partial charge in [-0.05, 0) is 56.9 Å². The minimum atomic E-state index is -0.405. The number of aromatic nitrogens is 4. The zero-order valence-corrected chi connectivity index (χ0v) is 18.7. The van der Waals surface area contributed by atoms with Gasteiger partial charge in [0.25, 0.3) is 5.91 Å². The molecule has 1 atom stereocenters. The number of nitrogens with zero attached hydrogens (tertiary/aromatic N) is 4. The van der Waals surface area contributed by atoms with E-state index in [0.29, 0.717) is 35.2 Å². The van der Waals surface area contributed by atoms with Crippen molar-refractivity contribution in [2.24, 2.45) is 5.92 Å². The summed E-state index contributed by atoms with van der Waals surface area (Å²) in [5, 5.41) is 11.4. The van der Waals surface area contributed by atoms with E-state index in [9.17, 15) is 9.59 Å². The molecule has 0 spiro atoms. The summed E-state index contributed by atoms with van der Waals surface area (Å²) < 4.78 is 12.1. The van der Waals surface area contributed by atoms with Gasteiger partial charge in [0.05, 0.1) is 24.2 Å². The largest absolute Gasteiger partial charge is 0.462 e. The van der Waals surface area contributed by atoms with Crippen molar-refractivity contribution in [1.29, 1.82) is 0 Å². The number of hydrogen-bond acceptors (Lipinski definition) is 7.